The van der Waals surface area contributed by atoms with E-state index in [2.05, 4.69) is 15.9 Å². The smallest absolute Gasteiger partial charge is 0.266 e. The number of imide groups is 1. The van der Waals surface area contributed by atoms with E-state index < -0.39 is 24.0 Å². The Hall–Kier alpha value is -3.16. The molecule has 0 spiro atoms. The van der Waals surface area contributed by atoms with Crippen LogP contribution in [-0.4, -0.2) is 23.0 Å². The van der Waals surface area contributed by atoms with Gasteiger partial charge < -0.3 is 5.11 Å². The molecule has 0 saturated carbocycles. The second kappa shape index (κ2) is 7.27. The molecule has 0 bridgehead atoms. The quantitative estimate of drug-likeness (QED) is 0.588. The lowest BCUT2D eigenvalue weighted by molar-refractivity contribution is -0.126. The number of carbonyl (C=O) groups is 2. The van der Waals surface area contributed by atoms with Gasteiger partial charge in [0.05, 0.1) is 17.4 Å². The zero-order chi connectivity index (χ0) is 20.8. The number of phenols is 1. The van der Waals surface area contributed by atoms with Crippen LogP contribution in [0.15, 0.2) is 83.3 Å². The van der Waals surface area contributed by atoms with Crippen molar-refractivity contribution in [3.05, 3.63) is 88.9 Å². The fraction of sp³-hybridized carbons (Fsp3) is 0.130. The van der Waals surface area contributed by atoms with Gasteiger partial charge in [-0.1, -0.05) is 52.3 Å². The molecule has 3 aromatic rings. The number of anilines is 2. The lowest BCUT2D eigenvalue weighted by Crippen LogP contribution is -2.37. The van der Waals surface area contributed by atoms with Crippen LogP contribution in [0.2, 0.25) is 0 Å². The molecular weight excluding hydrogens is 448 g/mol. The van der Waals surface area contributed by atoms with Gasteiger partial charge in [0.1, 0.15) is 11.7 Å². The summed E-state index contributed by atoms with van der Waals surface area (Å²) in [6, 6.07) is 22.4. The standard InChI is InChI=1S/C23H17BrN2O4/c24-14-11-12-18(27)17(13-14)20-19-21(30-26(20)16-9-5-2-6-10-16)23(29)25(22(19)28)15-7-3-1-4-8-15/h1-13,19-21,27H/t19-,20+,21-/m1/s1. The SMILES string of the molecule is O=C1[C@H]2[C@@H](ON(c3ccccc3)[C@H]2c2cc(Br)ccc2O)C(=O)N1c1ccccc1. The fourth-order valence-corrected chi connectivity index (χ4v) is 4.50. The van der Waals surface area contributed by atoms with Gasteiger partial charge in [0.2, 0.25) is 5.91 Å². The highest BCUT2D eigenvalue weighted by atomic mass is 79.9. The Labute approximate surface area is 181 Å². The number of benzene rings is 3. The van der Waals surface area contributed by atoms with E-state index in [-0.39, 0.29) is 11.7 Å². The molecule has 6 nitrogen and oxygen atoms in total. The second-order valence-corrected chi connectivity index (χ2v) is 8.12. The maximum absolute atomic E-state index is 13.5. The van der Waals surface area contributed by atoms with Crippen molar-refractivity contribution in [2.24, 2.45) is 5.92 Å². The van der Waals surface area contributed by atoms with Gasteiger partial charge in [-0.3, -0.25) is 14.4 Å². The first-order valence-electron chi connectivity index (χ1n) is 9.48. The molecule has 2 aliphatic heterocycles. The van der Waals surface area contributed by atoms with Crippen molar-refractivity contribution in [3.63, 3.8) is 0 Å². The van der Waals surface area contributed by atoms with E-state index in [0.29, 0.717) is 16.9 Å². The maximum Gasteiger partial charge on any atom is 0.266 e. The van der Waals surface area contributed by atoms with Gasteiger partial charge in [0.15, 0.2) is 6.10 Å². The topological polar surface area (TPSA) is 70.1 Å². The zero-order valence-electron chi connectivity index (χ0n) is 15.7. The first-order valence-corrected chi connectivity index (χ1v) is 10.3. The molecule has 0 unspecified atom stereocenters. The van der Waals surface area contributed by atoms with E-state index in [4.69, 9.17) is 4.84 Å². The summed E-state index contributed by atoms with van der Waals surface area (Å²) < 4.78 is 0.753. The monoisotopic (exact) mass is 464 g/mol. The number of hydrogen-bond donors (Lipinski definition) is 1. The molecule has 3 aromatic carbocycles. The van der Waals surface area contributed by atoms with E-state index in [0.717, 1.165) is 4.47 Å². The minimum Gasteiger partial charge on any atom is -0.508 e. The molecule has 2 aliphatic rings. The van der Waals surface area contributed by atoms with Crippen molar-refractivity contribution in [2.45, 2.75) is 12.1 Å². The van der Waals surface area contributed by atoms with Crippen molar-refractivity contribution in [1.29, 1.82) is 0 Å². The summed E-state index contributed by atoms with van der Waals surface area (Å²) in [7, 11) is 0. The van der Waals surface area contributed by atoms with Crippen LogP contribution in [0.3, 0.4) is 0 Å². The lowest BCUT2D eigenvalue weighted by atomic mass is 9.90. The predicted octanol–water partition coefficient (Wildman–Crippen LogP) is 4.21. The fourth-order valence-electron chi connectivity index (χ4n) is 4.12. The number of hydroxylamine groups is 1. The maximum atomic E-state index is 13.5. The Morgan fingerprint density at radius 2 is 1.47 bits per heavy atom. The van der Waals surface area contributed by atoms with E-state index in [1.54, 1.807) is 47.5 Å². The number of para-hydroxylation sites is 2. The lowest BCUT2D eigenvalue weighted by Gasteiger charge is -2.29. The largest absolute Gasteiger partial charge is 0.508 e. The molecule has 2 fully saturated rings. The van der Waals surface area contributed by atoms with Crippen LogP contribution < -0.4 is 9.96 Å². The molecule has 3 atom stereocenters. The Morgan fingerprint density at radius 1 is 0.833 bits per heavy atom. The van der Waals surface area contributed by atoms with Crippen LogP contribution in [0.4, 0.5) is 11.4 Å². The van der Waals surface area contributed by atoms with E-state index in [9.17, 15) is 14.7 Å². The first kappa shape index (κ1) is 18.8. The predicted molar refractivity (Wildman–Crippen MR) is 115 cm³/mol. The third-order valence-corrected chi connectivity index (χ3v) is 5.94. The van der Waals surface area contributed by atoms with E-state index in [1.165, 1.54) is 4.90 Å². The van der Waals surface area contributed by atoms with Gasteiger partial charge in [-0.2, -0.15) is 0 Å². The number of hydrogen-bond acceptors (Lipinski definition) is 5. The zero-order valence-corrected chi connectivity index (χ0v) is 17.3. The van der Waals surface area contributed by atoms with Crippen LogP contribution in [0.5, 0.6) is 5.75 Å². The highest BCUT2D eigenvalue weighted by Gasteiger charge is 2.60. The molecule has 7 heteroatoms. The van der Waals surface area contributed by atoms with Crippen molar-refractivity contribution in [1.82, 2.24) is 0 Å². The molecule has 0 radical (unpaired) electrons. The number of aromatic hydroxyl groups is 1. The van der Waals surface area contributed by atoms with Gasteiger partial charge in [-0.15, -0.1) is 0 Å². The van der Waals surface area contributed by atoms with Crippen LogP contribution >= 0.6 is 15.9 Å². The molecule has 0 aromatic heterocycles. The molecule has 5 rings (SSSR count). The summed E-state index contributed by atoms with van der Waals surface area (Å²) in [4.78, 5) is 33.9. The summed E-state index contributed by atoms with van der Waals surface area (Å²) in [6.07, 6.45) is -0.971. The van der Waals surface area contributed by atoms with Crippen molar-refractivity contribution in [2.75, 3.05) is 9.96 Å². The summed E-state index contributed by atoms with van der Waals surface area (Å²) in [5.74, 6) is -1.52. The molecule has 2 saturated heterocycles. The van der Waals surface area contributed by atoms with Crippen molar-refractivity contribution in [3.8, 4) is 5.75 Å². The van der Waals surface area contributed by atoms with Gasteiger partial charge >= 0.3 is 0 Å². The molecule has 1 N–H and O–H groups in total. The minimum atomic E-state index is -0.971. The third-order valence-electron chi connectivity index (χ3n) is 5.45. The summed E-state index contributed by atoms with van der Waals surface area (Å²) in [5.41, 5.74) is 1.72. The van der Waals surface area contributed by atoms with E-state index in [1.807, 2.05) is 36.4 Å². The van der Waals surface area contributed by atoms with Gasteiger partial charge in [0.25, 0.3) is 5.91 Å². The van der Waals surface area contributed by atoms with Gasteiger partial charge in [0, 0.05) is 10.0 Å². The van der Waals surface area contributed by atoms with Gasteiger partial charge in [-0.25, -0.2) is 9.96 Å². The number of amides is 2. The molecule has 0 aliphatic carbocycles. The van der Waals surface area contributed by atoms with Crippen LogP contribution in [0.1, 0.15) is 11.6 Å². The Balaban J connectivity index is 1.63. The number of halogens is 1. The Kier molecular flexibility index (Phi) is 4.56. The number of rotatable bonds is 3. The molecule has 2 heterocycles. The molecular formula is C23H17BrN2O4. The first-order chi connectivity index (χ1) is 14.6. The third kappa shape index (κ3) is 2.89. The van der Waals surface area contributed by atoms with Gasteiger partial charge in [-0.05, 0) is 42.5 Å². The summed E-state index contributed by atoms with van der Waals surface area (Å²) in [6.45, 7) is 0. The Morgan fingerprint density at radius 3 is 2.13 bits per heavy atom. The molecule has 2 amide bonds. The summed E-state index contributed by atoms with van der Waals surface area (Å²) >= 11 is 3.44. The normalized spacial score (nSPS) is 23.2. The van der Waals surface area contributed by atoms with Crippen molar-refractivity contribution >= 4 is 39.1 Å². The minimum absolute atomic E-state index is 0.0341. The summed E-state index contributed by atoms with van der Waals surface area (Å²) in [5, 5.41) is 12.2. The number of nitrogens with zero attached hydrogens (tertiary/aromatic N) is 2. The highest BCUT2D eigenvalue weighted by Crippen LogP contribution is 2.49. The average molecular weight is 465 g/mol. The van der Waals surface area contributed by atoms with Crippen LogP contribution in [-0.2, 0) is 14.4 Å². The molecule has 150 valence electrons. The number of fused-ring (bicyclic) bond motifs is 1. The number of phenolic OH excluding ortho intramolecular Hbond substituents is 1. The average Bonchev–Trinajstić information content (AvgIpc) is 3.27. The second-order valence-electron chi connectivity index (χ2n) is 7.21. The van der Waals surface area contributed by atoms with Crippen LogP contribution in [0.25, 0.3) is 0 Å². The van der Waals surface area contributed by atoms with Crippen LogP contribution in [0, 0.1) is 5.92 Å². The number of carbonyl (C=O) groups excluding carboxylic acids is 2. The van der Waals surface area contributed by atoms with E-state index >= 15 is 0 Å². The molecule has 30 heavy (non-hydrogen) atoms. The highest BCUT2D eigenvalue weighted by molar-refractivity contribution is 9.10. The Bertz CT molecular complexity index is 1120. The van der Waals surface area contributed by atoms with Crippen molar-refractivity contribution < 1.29 is 19.5 Å².